The van der Waals surface area contributed by atoms with Gasteiger partial charge in [-0.15, -0.1) is 0 Å². The van der Waals surface area contributed by atoms with Crippen molar-refractivity contribution >= 4 is 0 Å². The molecule has 2 aliphatic rings. The summed E-state index contributed by atoms with van der Waals surface area (Å²) in [5.41, 5.74) is 0.413. The number of halogens is 4. The molecule has 0 heterocycles. The molecule has 2 fully saturated rings. The summed E-state index contributed by atoms with van der Waals surface area (Å²) in [4.78, 5) is 0. The molecule has 2 aliphatic carbocycles. The van der Waals surface area contributed by atoms with E-state index in [0.717, 1.165) is 55.6 Å². The maximum absolute atomic E-state index is 14.9. The van der Waals surface area contributed by atoms with Crippen LogP contribution in [0.25, 0.3) is 11.1 Å². The Balaban J connectivity index is 1.17. The highest BCUT2D eigenvalue weighted by Crippen LogP contribution is 2.40. The van der Waals surface area contributed by atoms with Crippen molar-refractivity contribution in [3.8, 4) is 11.1 Å². The van der Waals surface area contributed by atoms with E-state index in [1.165, 1.54) is 95.2 Å². The normalized spacial score (nSPS) is 24.4. The SMILES string of the molecule is CCCCC[C@H]1CC[C@H](CCCC[C@H]2CC[C@H](c3cc(F)c(-c4ccc(F)c(F)c4)c(F)c3)CC2)CC1. The highest BCUT2D eigenvalue weighted by Gasteiger charge is 2.25. The van der Waals surface area contributed by atoms with Gasteiger partial charge in [0.1, 0.15) is 11.6 Å². The molecule has 0 unspecified atom stereocenters. The molecule has 4 heteroatoms. The van der Waals surface area contributed by atoms with Gasteiger partial charge in [0.15, 0.2) is 11.6 Å². The molecule has 2 aromatic rings. The Bertz CT molecular complexity index is 961. The monoisotopic (exact) mass is 516 g/mol. The van der Waals surface area contributed by atoms with E-state index in [2.05, 4.69) is 6.92 Å². The minimum Gasteiger partial charge on any atom is -0.206 e. The second-order valence-electron chi connectivity index (χ2n) is 11.9. The molecule has 0 spiro atoms. The average Bonchev–Trinajstić information content (AvgIpc) is 2.89. The zero-order chi connectivity index (χ0) is 26.2. The highest BCUT2D eigenvalue weighted by molar-refractivity contribution is 5.65. The van der Waals surface area contributed by atoms with Gasteiger partial charge < -0.3 is 0 Å². The molecule has 0 N–H and O–H groups in total. The Morgan fingerprint density at radius 2 is 1.05 bits per heavy atom. The van der Waals surface area contributed by atoms with Crippen molar-refractivity contribution in [3.63, 3.8) is 0 Å². The van der Waals surface area contributed by atoms with Crippen molar-refractivity contribution < 1.29 is 17.6 Å². The third kappa shape index (κ3) is 7.83. The van der Waals surface area contributed by atoms with Crippen LogP contribution in [-0.2, 0) is 0 Å². The molecule has 0 atom stereocenters. The van der Waals surface area contributed by atoms with Gasteiger partial charge in [0.05, 0.1) is 5.56 Å². The van der Waals surface area contributed by atoms with Gasteiger partial charge in [0.25, 0.3) is 0 Å². The van der Waals surface area contributed by atoms with Crippen molar-refractivity contribution in [1.29, 1.82) is 0 Å². The lowest BCUT2D eigenvalue weighted by atomic mass is 9.76. The van der Waals surface area contributed by atoms with Crippen LogP contribution >= 0.6 is 0 Å². The quantitative estimate of drug-likeness (QED) is 0.206. The predicted molar refractivity (Wildman–Crippen MR) is 144 cm³/mol. The maximum Gasteiger partial charge on any atom is 0.159 e. The van der Waals surface area contributed by atoms with E-state index in [1.807, 2.05) is 0 Å². The van der Waals surface area contributed by atoms with Crippen LogP contribution in [0, 0.1) is 41.0 Å². The van der Waals surface area contributed by atoms with E-state index < -0.39 is 23.3 Å². The maximum atomic E-state index is 14.9. The molecule has 0 aromatic heterocycles. The summed E-state index contributed by atoms with van der Waals surface area (Å²) in [5.74, 6) is -0.744. The molecule has 2 aromatic carbocycles. The minimum atomic E-state index is -1.11. The van der Waals surface area contributed by atoms with Crippen LogP contribution in [-0.4, -0.2) is 0 Å². The standard InChI is InChI=1S/C33H44F4/c1-2-3-4-7-23-10-12-24(13-11-23)8-5-6-9-25-14-16-26(17-15-25)28-21-31(36)33(32(37)22-28)27-18-19-29(34)30(35)20-27/h18-26H,2-17H2,1H3/t23-,24-,25-,26-. The minimum absolute atomic E-state index is 0.0178. The molecular formula is C33H44F4. The number of unbranched alkanes of at least 4 members (excludes halogenated alkanes) is 3. The number of hydrogen-bond donors (Lipinski definition) is 0. The summed E-state index contributed by atoms with van der Waals surface area (Å²) in [5, 5.41) is 0. The first-order chi connectivity index (χ1) is 17.9. The third-order valence-corrected chi connectivity index (χ3v) is 9.25. The molecule has 37 heavy (non-hydrogen) atoms. The van der Waals surface area contributed by atoms with E-state index in [9.17, 15) is 17.6 Å². The first kappa shape index (κ1) is 28.2. The first-order valence-corrected chi connectivity index (χ1v) is 14.9. The summed E-state index contributed by atoms with van der Waals surface area (Å²) < 4.78 is 56.5. The Hall–Kier alpha value is -1.84. The summed E-state index contributed by atoms with van der Waals surface area (Å²) in [6.45, 7) is 2.28. The lowest BCUT2D eigenvalue weighted by Crippen LogP contribution is -2.15. The number of hydrogen-bond acceptors (Lipinski definition) is 0. The fourth-order valence-electron chi connectivity index (χ4n) is 6.90. The molecule has 0 saturated heterocycles. The molecular weight excluding hydrogens is 472 g/mol. The van der Waals surface area contributed by atoms with Gasteiger partial charge in [-0.3, -0.25) is 0 Å². The predicted octanol–water partition coefficient (Wildman–Crippen LogP) is 11.1. The smallest absolute Gasteiger partial charge is 0.159 e. The van der Waals surface area contributed by atoms with E-state index in [1.54, 1.807) is 0 Å². The van der Waals surface area contributed by atoms with Gasteiger partial charge in [-0.1, -0.05) is 90.0 Å². The molecule has 4 rings (SSSR count). The molecule has 0 amide bonds. The topological polar surface area (TPSA) is 0 Å². The van der Waals surface area contributed by atoms with E-state index in [-0.39, 0.29) is 17.0 Å². The summed E-state index contributed by atoms with van der Waals surface area (Å²) >= 11 is 0. The van der Waals surface area contributed by atoms with Crippen LogP contribution in [0.1, 0.15) is 121 Å². The average molecular weight is 517 g/mol. The lowest BCUT2D eigenvalue weighted by Gasteiger charge is -2.30. The number of rotatable bonds is 11. The molecule has 0 bridgehead atoms. The molecule has 2 saturated carbocycles. The fraction of sp³-hybridized carbons (Fsp3) is 0.636. The number of benzene rings is 2. The van der Waals surface area contributed by atoms with Crippen LogP contribution in [0.4, 0.5) is 17.6 Å². The largest absolute Gasteiger partial charge is 0.206 e. The van der Waals surface area contributed by atoms with E-state index >= 15 is 0 Å². The van der Waals surface area contributed by atoms with Crippen molar-refractivity contribution in [2.75, 3.05) is 0 Å². The van der Waals surface area contributed by atoms with Gasteiger partial charge in [-0.25, -0.2) is 17.6 Å². The first-order valence-electron chi connectivity index (χ1n) is 14.9. The van der Waals surface area contributed by atoms with E-state index in [0.29, 0.717) is 5.56 Å². The zero-order valence-corrected chi connectivity index (χ0v) is 22.5. The summed E-state index contributed by atoms with van der Waals surface area (Å²) in [6.07, 6.45) is 20.8. The van der Waals surface area contributed by atoms with Crippen LogP contribution in [0.15, 0.2) is 30.3 Å². The molecule has 204 valence electrons. The molecule has 0 radical (unpaired) electrons. The lowest BCUT2D eigenvalue weighted by molar-refractivity contribution is 0.240. The molecule has 0 nitrogen and oxygen atoms in total. The van der Waals surface area contributed by atoms with Crippen LogP contribution < -0.4 is 0 Å². The van der Waals surface area contributed by atoms with Crippen molar-refractivity contribution in [1.82, 2.24) is 0 Å². The zero-order valence-electron chi connectivity index (χ0n) is 22.5. The van der Waals surface area contributed by atoms with Gasteiger partial charge in [-0.05, 0) is 84.7 Å². The van der Waals surface area contributed by atoms with Crippen molar-refractivity contribution in [3.05, 3.63) is 59.2 Å². The van der Waals surface area contributed by atoms with Crippen molar-refractivity contribution in [2.45, 2.75) is 116 Å². The Morgan fingerprint density at radius 3 is 1.54 bits per heavy atom. The second kappa shape index (κ2) is 13.8. The summed E-state index contributed by atoms with van der Waals surface area (Å²) in [6, 6.07) is 5.75. The summed E-state index contributed by atoms with van der Waals surface area (Å²) in [7, 11) is 0. The third-order valence-electron chi connectivity index (χ3n) is 9.25. The van der Waals surface area contributed by atoms with Gasteiger partial charge in [0.2, 0.25) is 0 Å². The van der Waals surface area contributed by atoms with E-state index in [4.69, 9.17) is 0 Å². The van der Waals surface area contributed by atoms with Gasteiger partial charge in [0, 0.05) is 0 Å². The van der Waals surface area contributed by atoms with Crippen LogP contribution in [0.5, 0.6) is 0 Å². The highest BCUT2D eigenvalue weighted by atomic mass is 19.2. The van der Waals surface area contributed by atoms with Gasteiger partial charge >= 0.3 is 0 Å². The van der Waals surface area contributed by atoms with Crippen LogP contribution in [0.3, 0.4) is 0 Å². The fourth-order valence-corrected chi connectivity index (χ4v) is 6.90. The second-order valence-corrected chi connectivity index (χ2v) is 11.9. The Labute approximate surface area is 221 Å². The van der Waals surface area contributed by atoms with Crippen molar-refractivity contribution in [2.24, 2.45) is 17.8 Å². The van der Waals surface area contributed by atoms with Crippen LogP contribution in [0.2, 0.25) is 0 Å². The van der Waals surface area contributed by atoms with Gasteiger partial charge in [-0.2, -0.15) is 0 Å². The molecule has 0 aliphatic heterocycles. The Morgan fingerprint density at radius 1 is 0.568 bits per heavy atom. The Kier molecular flexibility index (Phi) is 10.5.